The van der Waals surface area contributed by atoms with Gasteiger partial charge in [-0.3, -0.25) is 0 Å². The lowest BCUT2D eigenvalue weighted by atomic mass is 10.1. The number of aromatic nitrogens is 1. The second-order valence-electron chi connectivity index (χ2n) is 4.55. The highest BCUT2D eigenvalue weighted by Crippen LogP contribution is 2.11. The van der Waals surface area contributed by atoms with E-state index in [9.17, 15) is 0 Å². The fourth-order valence-electron chi connectivity index (χ4n) is 1.88. The topological polar surface area (TPSA) is 72.5 Å². The van der Waals surface area contributed by atoms with Gasteiger partial charge in [-0.2, -0.15) is 0 Å². The summed E-state index contributed by atoms with van der Waals surface area (Å²) in [6, 6.07) is 13.7. The molecule has 0 atom stereocenters. The van der Waals surface area contributed by atoms with Crippen LogP contribution in [-0.4, -0.2) is 18.1 Å². The van der Waals surface area contributed by atoms with Gasteiger partial charge < -0.3 is 15.8 Å². The largest absolute Gasteiger partial charge is 0.481 e. The number of methoxy groups -OCH3 is 1. The second-order valence-corrected chi connectivity index (χ2v) is 4.55. The molecule has 21 heavy (non-hydrogen) atoms. The lowest BCUT2D eigenvalue weighted by Gasteiger charge is -2.07. The predicted molar refractivity (Wildman–Crippen MR) is 85.6 cm³/mol. The van der Waals surface area contributed by atoms with E-state index in [2.05, 4.69) is 34.3 Å². The van der Waals surface area contributed by atoms with Crippen molar-refractivity contribution in [1.82, 2.24) is 4.98 Å². The number of nitrogens with one attached hydrogen (secondary N) is 1. The van der Waals surface area contributed by atoms with Crippen LogP contribution < -0.4 is 15.8 Å². The van der Waals surface area contributed by atoms with Gasteiger partial charge in [0.15, 0.2) is 5.96 Å². The number of guanidine groups is 1. The molecular formula is C16H20N4O. The molecule has 2 rings (SSSR count). The van der Waals surface area contributed by atoms with Crippen molar-refractivity contribution in [1.29, 1.82) is 0 Å². The summed E-state index contributed by atoms with van der Waals surface area (Å²) >= 11 is 0. The summed E-state index contributed by atoms with van der Waals surface area (Å²) in [6.45, 7) is 2.52. The number of nitrogens with zero attached hydrogens (tertiary/aromatic N) is 2. The SMILES string of the molecule is CCc1cccc(NC(N)=NCc2cccc(OC)n2)c1. The number of hydrogen-bond acceptors (Lipinski definition) is 3. The van der Waals surface area contributed by atoms with E-state index in [0.29, 0.717) is 18.4 Å². The molecular weight excluding hydrogens is 264 g/mol. The van der Waals surface area contributed by atoms with E-state index >= 15 is 0 Å². The van der Waals surface area contributed by atoms with E-state index in [1.165, 1.54) is 5.56 Å². The van der Waals surface area contributed by atoms with E-state index in [4.69, 9.17) is 10.5 Å². The summed E-state index contributed by atoms with van der Waals surface area (Å²) in [5, 5.41) is 3.08. The van der Waals surface area contributed by atoms with Crippen LogP contribution in [0.2, 0.25) is 0 Å². The zero-order valence-corrected chi connectivity index (χ0v) is 12.3. The number of aryl methyl sites for hydroxylation is 1. The van der Waals surface area contributed by atoms with Crippen molar-refractivity contribution >= 4 is 11.6 Å². The van der Waals surface area contributed by atoms with Crippen molar-refractivity contribution in [2.75, 3.05) is 12.4 Å². The normalized spacial score (nSPS) is 11.2. The van der Waals surface area contributed by atoms with Crippen LogP contribution in [0.25, 0.3) is 0 Å². The third kappa shape index (κ3) is 4.49. The molecule has 1 aromatic carbocycles. The van der Waals surface area contributed by atoms with Gasteiger partial charge in [0.2, 0.25) is 5.88 Å². The molecule has 0 saturated heterocycles. The highest BCUT2D eigenvalue weighted by atomic mass is 16.5. The van der Waals surface area contributed by atoms with Crippen molar-refractivity contribution in [2.24, 2.45) is 10.7 Å². The zero-order valence-electron chi connectivity index (χ0n) is 12.3. The Morgan fingerprint density at radius 1 is 1.29 bits per heavy atom. The number of nitrogens with two attached hydrogens (primary N) is 1. The molecule has 2 aromatic rings. The molecule has 0 aliphatic rings. The smallest absolute Gasteiger partial charge is 0.213 e. The van der Waals surface area contributed by atoms with Gasteiger partial charge in [0, 0.05) is 11.8 Å². The van der Waals surface area contributed by atoms with Gasteiger partial charge in [-0.1, -0.05) is 25.1 Å². The Labute approximate surface area is 124 Å². The fraction of sp³-hybridized carbons (Fsp3) is 0.250. The van der Waals surface area contributed by atoms with Gasteiger partial charge in [0.1, 0.15) is 0 Å². The lowest BCUT2D eigenvalue weighted by Crippen LogP contribution is -2.22. The molecule has 0 radical (unpaired) electrons. The van der Waals surface area contributed by atoms with E-state index in [-0.39, 0.29) is 0 Å². The van der Waals surface area contributed by atoms with Gasteiger partial charge in [-0.25, -0.2) is 9.98 Å². The molecule has 5 heteroatoms. The zero-order chi connectivity index (χ0) is 15.1. The Morgan fingerprint density at radius 3 is 2.86 bits per heavy atom. The minimum atomic E-state index is 0.368. The van der Waals surface area contributed by atoms with Crippen LogP contribution in [0, 0.1) is 0 Å². The Balaban J connectivity index is 2.00. The van der Waals surface area contributed by atoms with E-state index in [1.54, 1.807) is 13.2 Å². The number of anilines is 1. The first kappa shape index (κ1) is 14.8. The van der Waals surface area contributed by atoms with Crippen molar-refractivity contribution in [3.05, 3.63) is 53.7 Å². The molecule has 1 heterocycles. The van der Waals surface area contributed by atoms with Crippen LogP contribution in [0.15, 0.2) is 47.5 Å². The fourth-order valence-corrected chi connectivity index (χ4v) is 1.88. The minimum absolute atomic E-state index is 0.368. The third-order valence-electron chi connectivity index (χ3n) is 3.01. The molecule has 0 aliphatic carbocycles. The first-order valence-electron chi connectivity index (χ1n) is 6.87. The first-order chi connectivity index (χ1) is 10.2. The van der Waals surface area contributed by atoms with Gasteiger partial charge in [-0.05, 0) is 30.2 Å². The standard InChI is InChI=1S/C16H20N4O/c1-3-12-6-4-7-13(10-12)20-16(17)18-11-14-8-5-9-15(19-14)21-2/h4-10H,3,11H2,1-2H3,(H3,17,18,20). The van der Waals surface area contributed by atoms with E-state index < -0.39 is 0 Å². The van der Waals surface area contributed by atoms with Crippen molar-refractivity contribution < 1.29 is 4.74 Å². The van der Waals surface area contributed by atoms with Crippen LogP contribution in [0.1, 0.15) is 18.2 Å². The summed E-state index contributed by atoms with van der Waals surface area (Å²) in [5.41, 5.74) is 8.89. The van der Waals surface area contributed by atoms with Gasteiger partial charge in [0.25, 0.3) is 0 Å². The average Bonchev–Trinajstić information content (AvgIpc) is 2.53. The average molecular weight is 284 g/mol. The number of rotatable bonds is 5. The summed E-state index contributed by atoms with van der Waals surface area (Å²) in [7, 11) is 1.59. The Bertz CT molecular complexity index is 625. The Hall–Kier alpha value is -2.56. The molecule has 5 nitrogen and oxygen atoms in total. The maximum absolute atomic E-state index is 5.90. The maximum Gasteiger partial charge on any atom is 0.213 e. The number of aliphatic imine (C=N–C) groups is 1. The molecule has 0 aliphatic heterocycles. The highest BCUT2D eigenvalue weighted by Gasteiger charge is 1.99. The molecule has 0 bridgehead atoms. The first-order valence-corrected chi connectivity index (χ1v) is 6.87. The van der Waals surface area contributed by atoms with Crippen LogP contribution >= 0.6 is 0 Å². The van der Waals surface area contributed by atoms with Crippen LogP contribution in [-0.2, 0) is 13.0 Å². The molecule has 3 N–H and O–H groups in total. The third-order valence-corrected chi connectivity index (χ3v) is 3.01. The minimum Gasteiger partial charge on any atom is -0.481 e. The molecule has 0 fully saturated rings. The quantitative estimate of drug-likeness (QED) is 0.654. The van der Waals surface area contributed by atoms with Crippen molar-refractivity contribution in [2.45, 2.75) is 19.9 Å². The summed E-state index contributed by atoms with van der Waals surface area (Å²) < 4.78 is 5.08. The highest BCUT2D eigenvalue weighted by molar-refractivity contribution is 5.92. The van der Waals surface area contributed by atoms with E-state index in [0.717, 1.165) is 17.8 Å². The van der Waals surface area contributed by atoms with Crippen molar-refractivity contribution in [3.63, 3.8) is 0 Å². The number of benzene rings is 1. The van der Waals surface area contributed by atoms with Gasteiger partial charge >= 0.3 is 0 Å². The van der Waals surface area contributed by atoms with Crippen LogP contribution in [0.3, 0.4) is 0 Å². The van der Waals surface area contributed by atoms with Gasteiger partial charge in [-0.15, -0.1) is 0 Å². The van der Waals surface area contributed by atoms with Crippen LogP contribution in [0.4, 0.5) is 5.69 Å². The maximum atomic E-state index is 5.90. The molecule has 1 aromatic heterocycles. The number of ether oxygens (including phenoxy) is 1. The molecule has 0 amide bonds. The van der Waals surface area contributed by atoms with Crippen LogP contribution in [0.5, 0.6) is 5.88 Å². The molecule has 110 valence electrons. The van der Waals surface area contributed by atoms with Gasteiger partial charge in [0.05, 0.1) is 19.3 Å². The monoisotopic (exact) mass is 284 g/mol. The lowest BCUT2D eigenvalue weighted by molar-refractivity contribution is 0.396. The molecule has 0 unspecified atom stereocenters. The number of hydrogen-bond donors (Lipinski definition) is 2. The molecule has 0 spiro atoms. The van der Waals surface area contributed by atoms with Crippen molar-refractivity contribution in [3.8, 4) is 5.88 Å². The molecule has 0 saturated carbocycles. The summed E-state index contributed by atoms with van der Waals surface area (Å²) in [4.78, 5) is 8.57. The predicted octanol–water partition coefficient (Wildman–Crippen LogP) is 2.58. The Morgan fingerprint density at radius 2 is 2.10 bits per heavy atom. The van der Waals surface area contributed by atoms with E-state index in [1.807, 2.05) is 24.3 Å². The summed E-state index contributed by atoms with van der Waals surface area (Å²) in [5.74, 6) is 0.942. The second kappa shape index (κ2) is 7.28. The Kier molecular flexibility index (Phi) is 5.15. The number of pyridine rings is 1. The summed E-state index contributed by atoms with van der Waals surface area (Å²) in [6.07, 6.45) is 0.986.